The fourth-order valence-electron chi connectivity index (χ4n) is 2.19. The fourth-order valence-corrected chi connectivity index (χ4v) is 2.19. The molecule has 2 N–H and O–H groups in total. The fraction of sp³-hybridized carbons (Fsp3) is 0.231. The third-order valence-corrected chi connectivity index (χ3v) is 3.12. The van der Waals surface area contributed by atoms with E-state index in [-0.39, 0.29) is 0 Å². The van der Waals surface area contributed by atoms with Crippen LogP contribution in [0.3, 0.4) is 0 Å². The smallest absolute Gasteiger partial charge is 0.120 e. The molecule has 0 spiro atoms. The van der Waals surface area contributed by atoms with Crippen molar-refractivity contribution in [3.63, 3.8) is 0 Å². The molecule has 0 aromatic heterocycles. The Bertz CT molecular complexity index is 503. The molecule has 1 aliphatic heterocycles. The zero-order valence-corrected chi connectivity index (χ0v) is 8.40. The van der Waals surface area contributed by atoms with Gasteiger partial charge >= 0.3 is 0 Å². The maximum atomic E-state index is 9.90. The van der Waals surface area contributed by atoms with Crippen molar-refractivity contribution in [2.45, 2.75) is 12.5 Å². The highest BCUT2D eigenvalue weighted by molar-refractivity contribution is 5.88. The molecule has 0 amide bonds. The van der Waals surface area contributed by atoms with E-state index in [1.807, 2.05) is 18.2 Å². The molecule has 2 aromatic rings. The van der Waals surface area contributed by atoms with E-state index in [1.165, 1.54) is 5.39 Å². The average molecular weight is 199 g/mol. The number of benzene rings is 2. The largest absolute Gasteiger partial charge is 0.508 e. The number of phenolic OH excluding ortho intramolecular Hbond substituents is 1. The Labute approximate surface area is 88.5 Å². The number of rotatable bonds is 1. The molecule has 1 aliphatic rings. The highest BCUT2D eigenvalue weighted by Gasteiger charge is 2.23. The van der Waals surface area contributed by atoms with Gasteiger partial charge in [-0.2, -0.15) is 0 Å². The van der Waals surface area contributed by atoms with Crippen LogP contribution >= 0.6 is 0 Å². The maximum Gasteiger partial charge on any atom is 0.120 e. The van der Waals surface area contributed by atoms with Crippen molar-refractivity contribution in [1.82, 2.24) is 5.32 Å². The van der Waals surface area contributed by atoms with Gasteiger partial charge in [0.2, 0.25) is 0 Å². The van der Waals surface area contributed by atoms with Gasteiger partial charge in [-0.1, -0.05) is 30.3 Å². The zero-order chi connectivity index (χ0) is 10.3. The summed E-state index contributed by atoms with van der Waals surface area (Å²) >= 11 is 0. The molecule has 2 nitrogen and oxygen atoms in total. The van der Waals surface area contributed by atoms with E-state index >= 15 is 0 Å². The van der Waals surface area contributed by atoms with E-state index in [1.54, 1.807) is 6.07 Å². The first-order valence-corrected chi connectivity index (χ1v) is 5.30. The quantitative estimate of drug-likeness (QED) is 0.739. The maximum absolute atomic E-state index is 9.90. The van der Waals surface area contributed by atoms with E-state index < -0.39 is 0 Å². The predicted octanol–water partition coefficient (Wildman–Crippen LogP) is 2.58. The standard InChI is InChI=1S/C13H13NO/c15-12-6-5-9-3-1-2-4-10(9)13(12)11-7-8-14-11/h1-6,11,14-15H,7-8H2. The van der Waals surface area contributed by atoms with E-state index in [9.17, 15) is 5.11 Å². The van der Waals surface area contributed by atoms with Crippen LogP contribution in [0.15, 0.2) is 36.4 Å². The van der Waals surface area contributed by atoms with Crippen molar-refractivity contribution < 1.29 is 5.11 Å². The molecule has 2 heteroatoms. The molecule has 1 fully saturated rings. The number of nitrogens with one attached hydrogen (secondary N) is 1. The van der Waals surface area contributed by atoms with Crippen molar-refractivity contribution in [3.05, 3.63) is 42.0 Å². The predicted molar refractivity (Wildman–Crippen MR) is 61.0 cm³/mol. The van der Waals surface area contributed by atoms with Gasteiger partial charge in [0.05, 0.1) is 0 Å². The number of hydrogen-bond acceptors (Lipinski definition) is 2. The Morgan fingerprint density at radius 1 is 1.13 bits per heavy atom. The topological polar surface area (TPSA) is 32.3 Å². The molecule has 0 radical (unpaired) electrons. The molecule has 0 saturated carbocycles. The van der Waals surface area contributed by atoms with Crippen molar-refractivity contribution in [2.24, 2.45) is 0 Å². The minimum Gasteiger partial charge on any atom is -0.508 e. The molecular weight excluding hydrogens is 186 g/mol. The number of phenols is 1. The van der Waals surface area contributed by atoms with Gasteiger partial charge in [0.1, 0.15) is 5.75 Å². The van der Waals surface area contributed by atoms with Crippen molar-refractivity contribution in [2.75, 3.05) is 6.54 Å². The minimum atomic E-state index is 0.330. The third kappa shape index (κ3) is 1.29. The molecule has 1 heterocycles. The van der Waals surface area contributed by atoms with Crippen LogP contribution in [0.1, 0.15) is 18.0 Å². The summed E-state index contributed by atoms with van der Waals surface area (Å²) in [5, 5.41) is 15.6. The summed E-state index contributed by atoms with van der Waals surface area (Å²) in [5.41, 5.74) is 1.05. The van der Waals surface area contributed by atoms with Gasteiger partial charge in [-0.15, -0.1) is 0 Å². The second kappa shape index (κ2) is 3.24. The average Bonchev–Trinajstić information content (AvgIpc) is 2.20. The van der Waals surface area contributed by atoms with Crippen LogP contribution in [-0.4, -0.2) is 11.7 Å². The summed E-state index contributed by atoms with van der Waals surface area (Å²) < 4.78 is 0. The van der Waals surface area contributed by atoms with E-state index in [4.69, 9.17) is 0 Å². The lowest BCUT2D eigenvalue weighted by atomic mass is 9.92. The zero-order valence-electron chi connectivity index (χ0n) is 8.40. The molecule has 15 heavy (non-hydrogen) atoms. The molecular formula is C13H13NO. The molecule has 0 aliphatic carbocycles. The normalized spacial score (nSPS) is 20.1. The lowest BCUT2D eigenvalue weighted by Gasteiger charge is -2.29. The van der Waals surface area contributed by atoms with Gasteiger partial charge in [-0.3, -0.25) is 0 Å². The number of fused-ring (bicyclic) bond motifs is 1. The second-order valence-corrected chi connectivity index (χ2v) is 4.01. The lowest BCUT2D eigenvalue weighted by molar-refractivity contribution is 0.367. The summed E-state index contributed by atoms with van der Waals surface area (Å²) in [5.74, 6) is 0.408. The number of hydrogen-bond donors (Lipinski definition) is 2. The second-order valence-electron chi connectivity index (χ2n) is 4.01. The Balaban J connectivity index is 2.27. The Morgan fingerprint density at radius 3 is 2.67 bits per heavy atom. The summed E-state index contributed by atoms with van der Waals surface area (Å²) in [4.78, 5) is 0. The lowest BCUT2D eigenvalue weighted by Crippen LogP contribution is -2.35. The first-order valence-electron chi connectivity index (χ1n) is 5.30. The van der Waals surface area contributed by atoms with Crippen LogP contribution in [0.4, 0.5) is 0 Å². The van der Waals surface area contributed by atoms with Crippen molar-refractivity contribution >= 4 is 10.8 Å². The molecule has 1 saturated heterocycles. The number of aromatic hydroxyl groups is 1. The van der Waals surface area contributed by atoms with E-state index in [0.29, 0.717) is 11.8 Å². The first-order chi connectivity index (χ1) is 7.36. The monoisotopic (exact) mass is 199 g/mol. The van der Waals surface area contributed by atoms with Crippen LogP contribution in [0.5, 0.6) is 5.75 Å². The summed E-state index contributed by atoms with van der Waals surface area (Å²) in [6.45, 7) is 1.05. The van der Waals surface area contributed by atoms with Gasteiger partial charge in [0, 0.05) is 11.6 Å². The molecule has 2 aromatic carbocycles. The first kappa shape index (κ1) is 8.74. The van der Waals surface area contributed by atoms with Gasteiger partial charge in [0.15, 0.2) is 0 Å². The third-order valence-electron chi connectivity index (χ3n) is 3.12. The highest BCUT2D eigenvalue weighted by atomic mass is 16.3. The SMILES string of the molecule is Oc1ccc2ccccc2c1C1CCN1. The van der Waals surface area contributed by atoms with E-state index in [2.05, 4.69) is 17.4 Å². The molecule has 3 rings (SSSR count). The van der Waals surface area contributed by atoms with Crippen LogP contribution in [0, 0.1) is 0 Å². The van der Waals surface area contributed by atoms with Crippen LogP contribution in [-0.2, 0) is 0 Å². The Morgan fingerprint density at radius 2 is 1.93 bits per heavy atom. The summed E-state index contributed by atoms with van der Waals surface area (Å²) in [7, 11) is 0. The Kier molecular flexibility index (Phi) is 1.89. The van der Waals surface area contributed by atoms with Crippen LogP contribution < -0.4 is 5.32 Å². The molecule has 1 unspecified atom stereocenters. The summed E-state index contributed by atoms with van der Waals surface area (Å²) in [6.07, 6.45) is 1.11. The molecule has 0 bridgehead atoms. The van der Waals surface area contributed by atoms with Gasteiger partial charge in [0.25, 0.3) is 0 Å². The van der Waals surface area contributed by atoms with Gasteiger partial charge in [-0.05, 0) is 29.8 Å². The van der Waals surface area contributed by atoms with Crippen LogP contribution in [0.2, 0.25) is 0 Å². The van der Waals surface area contributed by atoms with E-state index in [0.717, 1.165) is 23.9 Å². The van der Waals surface area contributed by atoms with Gasteiger partial charge < -0.3 is 10.4 Å². The van der Waals surface area contributed by atoms with Crippen molar-refractivity contribution in [1.29, 1.82) is 0 Å². The summed E-state index contributed by atoms with van der Waals surface area (Å²) in [6, 6.07) is 12.3. The molecule has 76 valence electrons. The van der Waals surface area contributed by atoms with Crippen LogP contribution in [0.25, 0.3) is 10.8 Å². The highest BCUT2D eigenvalue weighted by Crippen LogP contribution is 2.36. The Hall–Kier alpha value is -1.54. The minimum absolute atomic E-state index is 0.330. The molecule has 1 atom stereocenters. The van der Waals surface area contributed by atoms with Crippen molar-refractivity contribution in [3.8, 4) is 5.75 Å². The van der Waals surface area contributed by atoms with Gasteiger partial charge in [-0.25, -0.2) is 0 Å².